The Hall–Kier alpha value is -1.59. The summed E-state index contributed by atoms with van der Waals surface area (Å²) in [5.41, 5.74) is -0.986. The second kappa shape index (κ2) is 6.49. The molecule has 2 fully saturated rings. The molecule has 1 saturated carbocycles. The number of carbonyl (C=O) groups excluding carboxylic acids is 3. The van der Waals surface area contributed by atoms with Crippen molar-refractivity contribution in [2.24, 2.45) is 11.3 Å². The number of amides is 1. The maximum atomic E-state index is 12.7. The normalized spacial score (nSPS) is 23.9. The molecular weight excluding hydrogens is 298 g/mol. The summed E-state index contributed by atoms with van der Waals surface area (Å²) in [6.45, 7) is 8.53. The number of ketones is 1. The minimum absolute atomic E-state index is 0.000196. The SMILES string of the molecule is CCOC(=O)C1CCC2(CCN(C(=O)OC(C)(C)C)CC2)C1=O. The maximum Gasteiger partial charge on any atom is 0.410 e. The number of carbonyl (C=O) groups is 3. The van der Waals surface area contributed by atoms with Crippen molar-refractivity contribution in [3.63, 3.8) is 0 Å². The van der Waals surface area contributed by atoms with Crippen LogP contribution in [0.3, 0.4) is 0 Å². The molecule has 0 bridgehead atoms. The third kappa shape index (κ3) is 3.85. The van der Waals surface area contributed by atoms with E-state index < -0.39 is 22.9 Å². The highest BCUT2D eigenvalue weighted by Gasteiger charge is 2.52. The van der Waals surface area contributed by atoms with Crippen molar-refractivity contribution in [1.29, 1.82) is 0 Å². The molecule has 1 amide bonds. The predicted molar refractivity (Wildman–Crippen MR) is 83.8 cm³/mol. The number of Topliss-reactive ketones (excluding diaryl/α,β-unsaturated/α-hetero) is 1. The average Bonchev–Trinajstić information content (AvgIpc) is 2.75. The first-order valence-corrected chi connectivity index (χ1v) is 8.37. The lowest BCUT2D eigenvalue weighted by Crippen LogP contribution is -2.47. The zero-order chi connectivity index (χ0) is 17.3. The summed E-state index contributed by atoms with van der Waals surface area (Å²) in [5, 5.41) is 0. The molecule has 1 atom stereocenters. The van der Waals surface area contributed by atoms with Crippen molar-refractivity contribution in [2.45, 2.75) is 59.0 Å². The second-order valence-electron chi connectivity index (χ2n) is 7.46. The summed E-state index contributed by atoms with van der Waals surface area (Å²) in [4.78, 5) is 38.3. The molecule has 2 aliphatic rings. The summed E-state index contributed by atoms with van der Waals surface area (Å²) in [6.07, 6.45) is 2.13. The van der Waals surface area contributed by atoms with Gasteiger partial charge in [0.1, 0.15) is 11.5 Å². The van der Waals surface area contributed by atoms with Crippen molar-refractivity contribution in [3.8, 4) is 0 Å². The van der Waals surface area contributed by atoms with Gasteiger partial charge in [0.25, 0.3) is 0 Å². The summed E-state index contributed by atoms with van der Waals surface area (Å²) in [5.74, 6) is -1.02. The minimum Gasteiger partial charge on any atom is -0.465 e. The van der Waals surface area contributed by atoms with Gasteiger partial charge in [0.05, 0.1) is 6.61 Å². The quantitative estimate of drug-likeness (QED) is 0.576. The Morgan fingerprint density at radius 3 is 2.35 bits per heavy atom. The van der Waals surface area contributed by atoms with E-state index in [1.807, 2.05) is 20.8 Å². The molecule has 0 aromatic heterocycles. The molecule has 0 aromatic carbocycles. The zero-order valence-corrected chi connectivity index (χ0v) is 14.5. The Bertz CT molecular complexity index is 486. The summed E-state index contributed by atoms with van der Waals surface area (Å²) in [7, 11) is 0. The molecule has 0 aromatic rings. The molecule has 1 spiro atoms. The van der Waals surface area contributed by atoms with Crippen LogP contribution >= 0.6 is 0 Å². The van der Waals surface area contributed by atoms with Crippen LogP contribution in [0.25, 0.3) is 0 Å². The number of rotatable bonds is 2. The first kappa shape index (κ1) is 17.8. The molecule has 23 heavy (non-hydrogen) atoms. The lowest BCUT2D eigenvalue weighted by atomic mass is 9.75. The Labute approximate surface area is 137 Å². The van der Waals surface area contributed by atoms with E-state index in [4.69, 9.17) is 9.47 Å². The fourth-order valence-electron chi connectivity index (χ4n) is 3.45. The Balaban J connectivity index is 1.95. The van der Waals surface area contributed by atoms with E-state index in [9.17, 15) is 14.4 Å². The lowest BCUT2D eigenvalue weighted by molar-refractivity contribution is -0.152. The van der Waals surface area contributed by atoms with Gasteiger partial charge in [0, 0.05) is 18.5 Å². The molecule has 0 radical (unpaired) electrons. The van der Waals surface area contributed by atoms with Crippen molar-refractivity contribution in [2.75, 3.05) is 19.7 Å². The molecule has 1 unspecified atom stereocenters. The molecule has 0 N–H and O–H groups in total. The van der Waals surface area contributed by atoms with Gasteiger partial charge in [-0.3, -0.25) is 9.59 Å². The van der Waals surface area contributed by atoms with Crippen LogP contribution in [0.5, 0.6) is 0 Å². The van der Waals surface area contributed by atoms with Crippen LogP contribution in [0.2, 0.25) is 0 Å². The second-order valence-corrected chi connectivity index (χ2v) is 7.46. The molecule has 1 aliphatic carbocycles. The van der Waals surface area contributed by atoms with E-state index >= 15 is 0 Å². The third-order valence-electron chi connectivity index (χ3n) is 4.69. The number of hydrogen-bond donors (Lipinski definition) is 0. The molecule has 2 rings (SSSR count). The van der Waals surface area contributed by atoms with Gasteiger partial charge in [0.2, 0.25) is 0 Å². The van der Waals surface area contributed by atoms with Gasteiger partial charge in [0.15, 0.2) is 5.78 Å². The third-order valence-corrected chi connectivity index (χ3v) is 4.69. The number of likely N-dealkylation sites (tertiary alicyclic amines) is 1. The van der Waals surface area contributed by atoms with Crippen LogP contribution in [0.15, 0.2) is 0 Å². The average molecular weight is 325 g/mol. The molecule has 6 nitrogen and oxygen atoms in total. The first-order chi connectivity index (χ1) is 10.7. The van der Waals surface area contributed by atoms with Gasteiger partial charge in [-0.2, -0.15) is 0 Å². The van der Waals surface area contributed by atoms with E-state index in [1.54, 1.807) is 11.8 Å². The minimum atomic E-state index is -0.622. The number of ether oxygens (including phenoxy) is 2. The number of nitrogens with zero attached hydrogens (tertiary/aromatic N) is 1. The van der Waals surface area contributed by atoms with Crippen LogP contribution in [-0.2, 0) is 19.1 Å². The monoisotopic (exact) mass is 325 g/mol. The zero-order valence-electron chi connectivity index (χ0n) is 14.5. The van der Waals surface area contributed by atoms with Crippen LogP contribution in [0.1, 0.15) is 53.4 Å². The van der Waals surface area contributed by atoms with E-state index in [2.05, 4.69) is 0 Å². The summed E-state index contributed by atoms with van der Waals surface area (Å²) in [6, 6.07) is 0. The van der Waals surface area contributed by atoms with Gasteiger partial charge < -0.3 is 14.4 Å². The summed E-state index contributed by atoms with van der Waals surface area (Å²) >= 11 is 0. The molecule has 1 aliphatic heterocycles. The standard InChI is InChI=1S/C17H27NO5/c1-5-22-14(20)12-6-7-17(13(12)19)8-10-18(11-9-17)15(21)23-16(2,3)4/h12H,5-11H2,1-4H3. The molecule has 6 heteroatoms. The summed E-state index contributed by atoms with van der Waals surface area (Å²) < 4.78 is 10.4. The van der Waals surface area contributed by atoms with Crippen LogP contribution in [-0.4, -0.2) is 48.0 Å². The van der Waals surface area contributed by atoms with Crippen molar-refractivity contribution < 1.29 is 23.9 Å². The fourth-order valence-corrected chi connectivity index (χ4v) is 3.45. The largest absolute Gasteiger partial charge is 0.465 e. The van der Waals surface area contributed by atoms with E-state index in [0.717, 1.165) is 0 Å². The maximum absolute atomic E-state index is 12.7. The highest BCUT2D eigenvalue weighted by Crippen LogP contribution is 2.46. The van der Waals surface area contributed by atoms with Gasteiger partial charge >= 0.3 is 12.1 Å². The van der Waals surface area contributed by atoms with E-state index in [1.165, 1.54) is 0 Å². The molecule has 1 saturated heterocycles. The number of hydrogen-bond acceptors (Lipinski definition) is 5. The molecule has 1 heterocycles. The molecule has 130 valence electrons. The number of esters is 1. The van der Waals surface area contributed by atoms with Crippen LogP contribution in [0, 0.1) is 11.3 Å². The topological polar surface area (TPSA) is 72.9 Å². The van der Waals surface area contributed by atoms with Crippen molar-refractivity contribution >= 4 is 17.8 Å². The van der Waals surface area contributed by atoms with E-state index in [-0.39, 0.29) is 11.9 Å². The van der Waals surface area contributed by atoms with Crippen molar-refractivity contribution in [1.82, 2.24) is 4.90 Å². The van der Waals surface area contributed by atoms with Gasteiger partial charge in [-0.1, -0.05) is 0 Å². The highest BCUT2D eigenvalue weighted by molar-refractivity contribution is 6.03. The Kier molecular flexibility index (Phi) is 5.01. The van der Waals surface area contributed by atoms with Gasteiger partial charge in [-0.25, -0.2) is 4.79 Å². The van der Waals surface area contributed by atoms with Crippen LogP contribution in [0.4, 0.5) is 4.79 Å². The van der Waals surface area contributed by atoms with E-state index in [0.29, 0.717) is 45.4 Å². The predicted octanol–water partition coefficient (Wildman–Crippen LogP) is 2.55. The van der Waals surface area contributed by atoms with Crippen LogP contribution < -0.4 is 0 Å². The lowest BCUT2D eigenvalue weighted by Gasteiger charge is -2.38. The van der Waals surface area contributed by atoms with Gasteiger partial charge in [-0.15, -0.1) is 0 Å². The van der Waals surface area contributed by atoms with Crippen molar-refractivity contribution in [3.05, 3.63) is 0 Å². The first-order valence-electron chi connectivity index (χ1n) is 8.37. The smallest absolute Gasteiger partial charge is 0.410 e. The van der Waals surface area contributed by atoms with Gasteiger partial charge in [-0.05, 0) is 53.4 Å². The highest BCUT2D eigenvalue weighted by atomic mass is 16.6. The number of piperidine rings is 1. The Morgan fingerprint density at radius 2 is 1.83 bits per heavy atom. The molecular formula is C17H27NO5. The fraction of sp³-hybridized carbons (Fsp3) is 0.824. The Morgan fingerprint density at radius 1 is 1.22 bits per heavy atom.